The molecule has 1 heterocycles. The van der Waals surface area contributed by atoms with Crippen LogP contribution < -0.4 is 0 Å². The van der Waals surface area contributed by atoms with Gasteiger partial charge in [-0.2, -0.15) is 0 Å². The fourth-order valence-corrected chi connectivity index (χ4v) is 5.16. The van der Waals surface area contributed by atoms with E-state index in [9.17, 15) is 14.3 Å². The third-order valence-corrected chi connectivity index (χ3v) is 7.55. The predicted octanol–water partition coefficient (Wildman–Crippen LogP) is 7.49. The van der Waals surface area contributed by atoms with Crippen LogP contribution in [0.15, 0.2) is 24.3 Å². The van der Waals surface area contributed by atoms with Gasteiger partial charge < -0.3 is 14.1 Å². The average molecular weight is 545 g/mol. The van der Waals surface area contributed by atoms with E-state index in [0.29, 0.717) is 23.9 Å². The van der Waals surface area contributed by atoms with Crippen molar-refractivity contribution in [3.63, 3.8) is 0 Å². The van der Waals surface area contributed by atoms with Crippen molar-refractivity contribution in [2.75, 3.05) is 34.3 Å². The highest BCUT2D eigenvalue weighted by Crippen LogP contribution is 2.45. The van der Waals surface area contributed by atoms with Crippen molar-refractivity contribution < 1.29 is 32.5 Å². The number of phosphoric ester groups is 1. The first-order valence-electron chi connectivity index (χ1n) is 14.5. The lowest BCUT2D eigenvalue weighted by Gasteiger charge is -2.25. The molecule has 8 heteroatoms. The molecule has 0 aliphatic carbocycles. The van der Waals surface area contributed by atoms with Gasteiger partial charge in [-0.15, -0.1) is 0 Å². The Kier molecular flexibility index (Phi) is 18.4. The molecule has 1 rings (SSSR count). The van der Waals surface area contributed by atoms with Crippen molar-refractivity contribution >= 4 is 13.8 Å². The minimum atomic E-state index is -4.26. The third-order valence-electron chi connectivity index (χ3n) is 6.47. The number of esters is 1. The summed E-state index contributed by atoms with van der Waals surface area (Å²) < 4.78 is 29.4. The van der Waals surface area contributed by atoms with Crippen LogP contribution in [0.25, 0.3) is 0 Å². The van der Waals surface area contributed by atoms with Crippen LogP contribution in [-0.2, 0) is 23.1 Å². The summed E-state index contributed by atoms with van der Waals surface area (Å²) >= 11 is 0. The molecule has 0 fully saturated rings. The molecule has 0 spiro atoms. The maximum atomic E-state index is 12.6. The number of cyclic esters (lactones) is 1. The lowest BCUT2D eigenvalue weighted by molar-refractivity contribution is -0.870. The number of hydrogen-bond acceptors (Lipinski definition) is 5. The van der Waals surface area contributed by atoms with E-state index in [2.05, 4.69) is 24.3 Å². The van der Waals surface area contributed by atoms with Crippen LogP contribution >= 0.6 is 7.82 Å². The Morgan fingerprint density at radius 2 is 1.43 bits per heavy atom. The van der Waals surface area contributed by atoms with Crippen LogP contribution in [0.4, 0.5) is 0 Å². The number of carbonyl (C=O) groups is 1. The molecule has 0 radical (unpaired) electrons. The van der Waals surface area contributed by atoms with Gasteiger partial charge in [0.05, 0.1) is 33.7 Å². The predicted molar refractivity (Wildman–Crippen MR) is 151 cm³/mol. The summed E-state index contributed by atoms with van der Waals surface area (Å²) in [5, 5.41) is 0. The molecule has 0 bridgehead atoms. The zero-order valence-electron chi connectivity index (χ0n) is 24.1. The molecule has 3 atom stereocenters. The summed E-state index contributed by atoms with van der Waals surface area (Å²) in [6.07, 6.45) is 24.0. The first-order chi connectivity index (χ1) is 17.6. The van der Waals surface area contributed by atoms with Crippen LogP contribution in [-0.4, -0.2) is 61.8 Å². The largest absolute Gasteiger partial charge is 0.472 e. The average Bonchev–Trinajstić information content (AvgIpc) is 2.78. The van der Waals surface area contributed by atoms with Crippen molar-refractivity contribution in [3.8, 4) is 0 Å². The Morgan fingerprint density at radius 3 is 2.05 bits per heavy atom. The number of quaternary nitrogens is 1. The fourth-order valence-electron chi connectivity index (χ4n) is 4.23. The first-order valence-corrected chi connectivity index (χ1v) is 16.0. The van der Waals surface area contributed by atoms with E-state index in [-0.39, 0.29) is 19.1 Å². The smallest absolute Gasteiger partial charge is 0.462 e. The molecular formula is C29H55NO6P+. The molecule has 1 aliphatic rings. The first kappa shape index (κ1) is 34.0. The van der Waals surface area contributed by atoms with Crippen LogP contribution in [0.5, 0.6) is 0 Å². The molecule has 1 N–H and O–H groups in total. The van der Waals surface area contributed by atoms with Gasteiger partial charge in [-0.3, -0.25) is 13.8 Å². The zero-order valence-corrected chi connectivity index (χ0v) is 25.0. The van der Waals surface area contributed by atoms with Gasteiger partial charge in [0.1, 0.15) is 19.3 Å². The van der Waals surface area contributed by atoms with Crippen LogP contribution in [0.2, 0.25) is 0 Å². The maximum absolute atomic E-state index is 12.6. The Hall–Kier alpha value is -0.980. The number of nitrogens with zero attached hydrogens (tertiary/aromatic N) is 1. The van der Waals surface area contributed by atoms with Crippen LogP contribution in [0, 0.1) is 0 Å². The topological polar surface area (TPSA) is 82.1 Å². The number of phosphoric acid groups is 1. The van der Waals surface area contributed by atoms with E-state index in [1.165, 1.54) is 51.4 Å². The fraction of sp³-hybridized carbons (Fsp3) is 0.828. The van der Waals surface area contributed by atoms with Gasteiger partial charge in [0.25, 0.3) is 0 Å². The van der Waals surface area contributed by atoms with E-state index in [1.54, 1.807) is 0 Å². The Balaban J connectivity index is 2.65. The molecule has 0 aromatic rings. The minimum absolute atomic E-state index is 0.0535. The number of rotatable bonds is 6. The summed E-state index contributed by atoms with van der Waals surface area (Å²) in [4.78, 5) is 22.9. The summed E-state index contributed by atoms with van der Waals surface area (Å²) in [6, 6.07) is 0. The second kappa shape index (κ2) is 20.0. The molecule has 0 amide bonds. The van der Waals surface area contributed by atoms with Gasteiger partial charge in [0, 0.05) is 6.42 Å². The van der Waals surface area contributed by atoms with E-state index < -0.39 is 19.9 Å². The summed E-state index contributed by atoms with van der Waals surface area (Å²) in [5.74, 6) is -0.408. The zero-order chi connectivity index (χ0) is 27.4. The summed E-state index contributed by atoms with van der Waals surface area (Å²) in [5.41, 5.74) is 0. The van der Waals surface area contributed by atoms with Crippen LogP contribution in [0.3, 0.4) is 0 Å². The van der Waals surface area contributed by atoms with E-state index >= 15 is 0 Å². The highest BCUT2D eigenvalue weighted by molar-refractivity contribution is 7.47. The Morgan fingerprint density at radius 1 is 0.892 bits per heavy atom. The Labute approximate surface area is 226 Å². The lowest BCUT2D eigenvalue weighted by Crippen LogP contribution is -2.37. The SMILES string of the molecule is CC1C/C=C/CC/C=C/CCCCCCCCCCCCC(OP(=O)(O)OCC[N+](C)(C)C)CC(=O)O1. The van der Waals surface area contributed by atoms with Gasteiger partial charge >= 0.3 is 13.8 Å². The highest BCUT2D eigenvalue weighted by Gasteiger charge is 2.29. The van der Waals surface area contributed by atoms with E-state index in [1.807, 2.05) is 28.1 Å². The molecule has 1 aliphatic heterocycles. The number of hydrogen-bond donors (Lipinski definition) is 1. The van der Waals surface area contributed by atoms with E-state index in [0.717, 1.165) is 32.1 Å². The normalized spacial score (nSPS) is 26.8. The van der Waals surface area contributed by atoms with Gasteiger partial charge in [-0.1, -0.05) is 82.1 Å². The monoisotopic (exact) mass is 544 g/mol. The number of carbonyl (C=O) groups excluding carboxylic acids is 1. The van der Waals surface area contributed by atoms with Gasteiger partial charge in [-0.05, 0) is 39.0 Å². The standard InChI is InChI=1S/C29H54NO6P/c1-27-22-20-18-16-14-12-10-8-6-5-7-9-11-13-15-17-19-21-23-28(26-29(31)35-27)36-37(32,33)34-25-24-30(2,3)4/h10,12,18,20,27-28H,5-9,11,13-17,19,21-26H2,1-4H3/p+1/b12-10+,20-18+. The van der Waals surface area contributed by atoms with Crippen molar-refractivity contribution in [1.82, 2.24) is 0 Å². The number of likely N-dealkylation sites (N-methyl/N-ethyl adjacent to an activating group) is 1. The van der Waals surface area contributed by atoms with Crippen molar-refractivity contribution in [3.05, 3.63) is 24.3 Å². The van der Waals surface area contributed by atoms with Gasteiger partial charge in [0.15, 0.2) is 0 Å². The quantitative estimate of drug-likeness (QED) is 0.161. The molecule has 3 unspecified atom stereocenters. The Bertz CT molecular complexity index is 703. The second-order valence-electron chi connectivity index (χ2n) is 11.4. The number of allylic oxidation sites excluding steroid dienone is 3. The van der Waals surface area contributed by atoms with Crippen molar-refractivity contribution in [1.29, 1.82) is 0 Å². The molecule has 0 aromatic heterocycles. The summed E-state index contributed by atoms with van der Waals surface area (Å²) in [6.45, 7) is 2.54. The molecule has 216 valence electrons. The molecule has 37 heavy (non-hydrogen) atoms. The maximum Gasteiger partial charge on any atom is 0.472 e. The van der Waals surface area contributed by atoms with Gasteiger partial charge in [0.2, 0.25) is 0 Å². The highest BCUT2D eigenvalue weighted by atomic mass is 31.2. The van der Waals surface area contributed by atoms with Gasteiger partial charge in [-0.25, -0.2) is 4.57 Å². The van der Waals surface area contributed by atoms with Crippen molar-refractivity contribution in [2.24, 2.45) is 0 Å². The summed E-state index contributed by atoms with van der Waals surface area (Å²) in [7, 11) is 1.68. The number of ether oxygens (including phenoxy) is 1. The molecule has 0 saturated carbocycles. The van der Waals surface area contributed by atoms with E-state index in [4.69, 9.17) is 13.8 Å². The lowest BCUT2D eigenvalue weighted by atomic mass is 10.0. The van der Waals surface area contributed by atoms with Crippen molar-refractivity contribution in [2.45, 2.75) is 122 Å². The second-order valence-corrected chi connectivity index (χ2v) is 12.8. The molecule has 0 aromatic carbocycles. The van der Waals surface area contributed by atoms with Crippen LogP contribution in [0.1, 0.15) is 110 Å². The third kappa shape index (κ3) is 21.6. The molecule has 7 nitrogen and oxygen atoms in total. The molecular weight excluding hydrogens is 489 g/mol. The minimum Gasteiger partial charge on any atom is -0.462 e. The molecule has 0 saturated heterocycles.